The van der Waals surface area contributed by atoms with Crippen LogP contribution in [0, 0.1) is 5.92 Å². The molecule has 100 valence electrons. The van der Waals surface area contributed by atoms with Gasteiger partial charge in [-0.25, -0.2) is 0 Å². The Morgan fingerprint density at radius 3 is 2.39 bits per heavy atom. The molecule has 2 nitrogen and oxygen atoms in total. The highest BCUT2D eigenvalue weighted by Gasteiger charge is 2.21. The predicted octanol–water partition coefficient (Wildman–Crippen LogP) is 3.55. The van der Waals surface area contributed by atoms with Gasteiger partial charge in [-0.2, -0.15) is 0 Å². The molecule has 1 unspecified atom stereocenters. The van der Waals surface area contributed by atoms with Crippen LogP contribution in [-0.2, 0) is 0 Å². The first-order valence-corrected chi connectivity index (χ1v) is 8.00. The van der Waals surface area contributed by atoms with E-state index in [9.17, 15) is 0 Å². The highest BCUT2D eigenvalue weighted by molar-refractivity contribution is 7.98. The maximum Gasteiger partial charge on any atom is 0.0343 e. The summed E-state index contributed by atoms with van der Waals surface area (Å²) < 4.78 is 0. The van der Waals surface area contributed by atoms with Crippen LogP contribution in [0.25, 0.3) is 0 Å². The van der Waals surface area contributed by atoms with E-state index in [4.69, 9.17) is 0 Å². The van der Waals surface area contributed by atoms with Crippen LogP contribution in [0.2, 0.25) is 0 Å². The fraction of sp³-hybridized carbons (Fsp3) is 0.600. The second kappa shape index (κ2) is 6.48. The number of nitrogens with one attached hydrogen (secondary N) is 1. The number of benzene rings is 1. The van der Waals surface area contributed by atoms with E-state index in [0.717, 1.165) is 5.92 Å². The molecule has 3 heteroatoms. The molecule has 2 rings (SSSR count). The van der Waals surface area contributed by atoms with Gasteiger partial charge in [0.15, 0.2) is 0 Å². The van der Waals surface area contributed by atoms with Crippen LogP contribution in [0.5, 0.6) is 0 Å². The summed E-state index contributed by atoms with van der Waals surface area (Å²) in [7, 11) is 2.22. The van der Waals surface area contributed by atoms with Gasteiger partial charge in [0.25, 0.3) is 0 Å². The molecule has 0 aromatic heterocycles. The molecule has 1 aromatic carbocycles. The molecule has 1 aliphatic rings. The molecule has 0 amide bonds. The van der Waals surface area contributed by atoms with Gasteiger partial charge in [0, 0.05) is 16.6 Å². The lowest BCUT2D eigenvalue weighted by molar-refractivity contribution is 0.208. The van der Waals surface area contributed by atoms with Crippen molar-refractivity contribution in [1.82, 2.24) is 4.90 Å². The first-order valence-electron chi connectivity index (χ1n) is 6.78. The lowest BCUT2D eigenvalue weighted by atomic mass is 9.90. The van der Waals surface area contributed by atoms with Gasteiger partial charge in [-0.15, -0.1) is 11.8 Å². The Bertz CT molecular complexity index is 355. The summed E-state index contributed by atoms with van der Waals surface area (Å²) >= 11 is 1.79. The van der Waals surface area contributed by atoms with Crippen molar-refractivity contribution in [3.05, 3.63) is 24.3 Å². The first kappa shape index (κ1) is 13.8. The summed E-state index contributed by atoms with van der Waals surface area (Å²) in [5.41, 5.74) is 1.25. The van der Waals surface area contributed by atoms with Crippen molar-refractivity contribution in [2.45, 2.75) is 30.7 Å². The van der Waals surface area contributed by atoms with Crippen LogP contribution in [0.15, 0.2) is 29.2 Å². The lowest BCUT2D eigenvalue weighted by Gasteiger charge is -2.33. The van der Waals surface area contributed by atoms with E-state index in [0.29, 0.717) is 6.04 Å². The Morgan fingerprint density at radius 2 is 1.83 bits per heavy atom. The minimum atomic E-state index is 0.568. The summed E-state index contributed by atoms with van der Waals surface area (Å²) in [6, 6.07) is 9.33. The third-order valence-electron chi connectivity index (χ3n) is 3.95. The molecular weight excluding hydrogens is 240 g/mol. The number of hydrogen-bond donors (Lipinski definition) is 1. The molecular formula is C15H24N2S. The quantitative estimate of drug-likeness (QED) is 0.837. The van der Waals surface area contributed by atoms with Gasteiger partial charge in [0.05, 0.1) is 0 Å². The molecule has 0 aliphatic carbocycles. The van der Waals surface area contributed by atoms with Gasteiger partial charge < -0.3 is 10.2 Å². The van der Waals surface area contributed by atoms with Gasteiger partial charge in [-0.05, 0) is 76.3 Å². The summed E-state index contributed by atoms with van der Waals surface area (Å²) in [5, 5.41) is 3.65. The average molecular weight is 264 g/mol. The van der Waals surface area contributed by atoms with Crippen molar-refractivity contribution < 1.29 is 0 Å². The second-order valence-electron chi connectivity index (χ2n) is 5.30. The van der Waals surface area contributed by atoms with Crippen LogP contribution in [0.3, 0.4) is 0 Å². The summed E-state index contributed by atoms with van der Waals surface area (Å²) in [5.74, 6) is 0.807. The van der Waals surface area contributed by atoms with Crippen molar-refractivity contribution in [3.8, 4) is 0 Å². The molecule has 18 heavy (non-hydrogen) atoms. The van der Waals surface area contributed by atoms with Crippen LogP contribution >= 0.6 is 11.8 Å². The van der Waals surface area contributed by atoms with E-state index in [1.165, 1.54) is 36.5 Å². The Balaban J connectivity index is 1.87. The third kappa shape index (κ3) is 3.66. The molecule has 0 bridgehead atoms. The van der Waals surface area contributed by atoms with Gasteiger partial charge in [-0.1, -0.05) is 0 Å². The van der Waals surface area contributed by atoms with E-state index >= 15 is 0 Å². The molecule has 1 aromatic rings. The van der Waals surface area contributed by atoms with Crippen molar-refractivity contribution in [1.29, 1.82) is 0 Å². The van der Waals surface area contributed by atoms with Gasteiger partial charge in [0.1, 0.15) is 0 Å². The fourth-order valence-corrected chi connectivity index (χ4v) is 3.00. The normalized spacial score (nSPS) is 19.7. The standard InChI is InChI=1S/C15H24N2S/c1-12(13-8-10-17(2)11-9-13)16-14-4-6-15(18-3)7-5-14/h4-7,12-13,16H,8-11H2,1-3H3. The fourth-order valence-electron chi connectivity index (χ4n) is 2.60. The summed E-state index contributed by atoms with van der Waals surface area (Å²) in [6.45, 7) is 4.79. The van der Waals surface area contributed by atoms with E-state index < -0.39 is 0 Å². The van der Waals surface area contributed by atoms with E-state index in [1.54, 1.807) is 11.8 Å². The molecule has 1 atom stereocenters. The van der Waals surface area contributed by atoms with E-state index in [2.05, 4.69) is 54.7 Å². The first-order chi connectivity index (χ1) is 8.69. The Labute approximate surface area is 115 Å². The van der Waals surface area contributed by atoms with Crippen LogP contribution in [0.1, 0.15) is 19.8 Å². The van der Waals surface area contributed by atoms with E-state index in [-0.39, 0.29) is 0 Å². The molecule has 0 saturated carbocycles. The molecule has 1 saturated heterocycles. The molecule has 0 spiro atoms. The highest BCUT2D eigenvalue weighted by Crippen LogP contribution is 2.23. The topological polar surface area (TPSA) is 15.3 Å². The van der Waals surface area contributed by atoms with E-state index in [1.807, 2.05) is 0 Å². The third-order valence-corrected chi connectivity index (χ3v) is 4.70. The molecule has 1 heterocycles. The molecule has 0 radical (unpaired) electrons. The van der Waals surface area contributed by atoms with Gasteiger partial charge >= 0.3 is 0 Å². The van der Waals surface area contributed by atoms with Crippen LogP contribution < -0.4 is 5.32 Å². The minimum Gasteiger partial charge on any atom is -0.382 e. The van der Waals surface area contributed by atoms with Crippen molar-refractivity contribution in [3.63, 3.8) is 0 Å². The summed E-state index contributed by atoms with van der Waals surface area (Å²) in [4.78, 5) is 3.75. The number of piperidine rings is 1. The maximum atomic E-state index is 3.65. The van der Waals surface area contributed by atoms with Crippen molar-refractivity contribution >= 4 is 17.4 Å². The maximum absolute atomic E-state index is 3.65. The average Bonchev–Trinajstić information content (AvgIpc) is 2.40. The van der Waals surface area contributed by atoms with Crippen molar-refractivity contribution in [2.75, 3.05) is 31.7 Å². The smallest absolute Gasteiger partial charge is 0.0343 e. The Morgan fingerprint density at radius 1 is 1.22 bits per heavy atom. The largest absolute Gasteiger partial charge is 0.382 e. The monoisotopic (exact) mass is 264 g/mol. The number of anilines is 1. The Hall–Kier alpha value is -0.670. The highest BCUT2D eigenvalue weighted by atomic mass is 32.2. The lowest BCUT2D eigenvalue weighted by Crippen LogP contribution is -2.37. The number of thioether (sulfide) groups is 1. The molecule has 1 fully saturated rings. The zero-order valence-electron chi connectivity index (χ0n) is 11.6. The summed E-state index contributed by atoms with van der Waals surface area (Å²) in [6.07, 6.45) is 4.74. The number of hydrogen-bond acceptors (Lipinski definition) is 3. The number of rotatable bonds is 4. The molecule has 1 N–H and O–H groups in total. The van der Waals surface area contributed by atoms with Crippen LogP contribution in [-0.4, -0.2) is 37.3 Å². The van der Waals surface area contributed by atoms with Crippen molar-refractivity contribution in [2.24, 2.45) is 5.92 Å². The zero-order valence-corrected chi connectivity index (χ0v) is 12.5. The predicted molar refractivity (Wildman–Crippen MR) is 81.5 cm³/mol. The Kier molecular flexibility index (Phi) is 4.95. The van der Waals surface area contributed by atoms with Gasteiger partial charge in [0.2, 0.25) is 0 Å². The minimum absolute atomic E-state index is 0.568. The zero-order chi connectivity index (χ0) is 13.0. The number of likely N-dealkylation sites (tertiary alicyclic amines) is 1. The molecule has 1 aliphatic heterocycles. The van der Waals surface area contributed by atoms with Gasteiger partial charge in [-0.3, -0.25) is 0 Å². The number of nitrogens with zero attached hydrogens (tertiary/aromatic N) is 1. The SMILES string of the molecule is CSc1ccc(NC(C)C2CCN(C)CC2)cc1. The second-order valence-corrected chi connectivity index (χ2v) is 6.18. The van der Waals surface area contributed by atoms with Crippen LogP contribution in [0.4, 0.5) is 5.69 Å².